The van der Waals surface area contributed by atoms with Crippen LogP contribution in [-0.4, -0.2) is 0 Å². The van der Waals surface area contributed by atoms with Crippen molar-refractivity contribution in [3.63, 3.8) is 0 Å². The summed E-state index contributed by atoms with van der Waals surface area (Å²) in [7, 11) is 0. The number of thiophene rings is 1. The van der Waals surface area contributed by atoms with Gasteiger partial charge in [0.2, 0.25) is 0 Å². The lowest BCUT2D eigenvalue weighted by Crippen LogP contribution is -1.93. The van der Waals surface area contributed by atoms with E-state index in [1.165, 1.54) is 0 Å². The second-order valence-corrected chi connectivity index (χ2v) is 5.85. The van der Waals surface area contributed by atoms with Crippen LogP contribution in [0.15, 0.2) is 34.1 Å². The van der Waals surface area contributed by atoms with Crippen LogP contribution < -0.4 is 4.74 Å². The van der Waals surface area contributed by atoms with Gasteiger partial charge >= 0.3 is 0 Å². The van der Waals surface area contributed by atoms with E-state index in [1.807, 2.05) is 11.4 Å². The monoisotopic (exact) mass is 336 g/mol. The maximum absolute atomic E-state index is 5.98. The zero-order valence-corrected chi connectivity index (χ0v) is 12.0. The van der Waals surface area contributed by atoms with Crippen molar-refractivity contribution in [2.24, 2.45) is 0 Å². The molecule has 0 aliphatic carbocycles. The summed E-state index contributed by atoms with van der Waals surface area (Å²) in [6.07, 6.45) is 0. The molecular formula is C11H7BrCl2OS. The standard InChI is InChI=1S/C11H7BrCl2OS/c12-7-3-9(16-6-7)5-15-11-4-8(13)1-2-10(11)14/h1-4,6H,5H2. The Morgan fingerprint density at radius 2 is 2.06 bits per heavy atom. The van der Waals surface area contributed by atoms with E-state index in [4.69, 9.17) is 27.9 Å². The van der Waals surface area contributed by atoms with Gasteiger partial charge in [0.05, 0.1) is 5.02 Å². The molecule has 0 fully saturated rings. The average molecular weight is 338 g/mol. The van der Waals surface area contributed by atoms with Gasteiger partial charge in [-0.3, -0.25) is 0 Å². The van der Waals surface area contributed by atoms with Crippen LogP contribution in [0.1, 0.15) is 4.88 Å². The maximum Gasteiger partial charge on any atom is 0.139 e. The molecule has 2 aromatic rings. The fraction of sp³-hybridized carbons (Fsp3) is 0.0909. The lowest BCUT2D eigenvalue weighted by molar-refractivity contribution is 0.310. The van der Waals surface area contributed by atoms with Crippen LogP contribution in [0, 0.1) is 0 Å². The fourth-order valence-corrected chi connectivity index (χ4v) is 2.86. The van der Waals surface area contributed by atoms with E-state index in [-0.39, 0.29) is 0 Å². The first-order chi connectivity index (χ1) is 7.65. The van der Waals surface area contributed by atoms with E-state index < -0.39 is 0 Å². The van der Waals surface area contributed by atoms with Gasteiger partial charge in [0.1, 0.15) is 12.4 Å². The normalized spacial score (nSPS) is 10.4. The summed E-state index contributed by atoms with van der Waals surface area (Å²) in [6, 6.07) is 7.19. The Bertz CT molecular complexity index is 498. The highest BCUT2D eigenvalue weighted by Crippen LogP contribution is 2.29. The highest BCUT2D eigenvalue weighted by molar-refractivity contribution is 9.10. The number of hydrogen-bond donors (Lipinski definition) is 0. The third-order valence-electron chi connectivity index (χ3n) is 1.88. The van der Waals surface area contributed by atoms with Crippen LogP contribution in [-0.2, 0) is 6.61 Å². The number of hydrogen-bond acceptors (Lipinski definition) is 2. The van der Waals surface area contributed by atoms with Crippen LogP contribution in [0.2, 0.25) is 10.0 Å². The van der Waals surface area contributed by atoms with Crippen molar-refractivity contribution >= 4 is 50.5 Å². The molecule has 1 nitrogen and oxygen atoms in total. The molecule has 0 N–H and O–H groups in total. The second kappa shape index (κ2) is 5.41. The summed E-state index contributed by atoms with van der Waals surface area (Å²) < 4.78 is 6.65. The van der Waals surface area contributed by atoms with Crippen molar-refractivity contribution in [2.45, 2.75) is 6.61 Å². The third kappa shape index (κ3) is 3.14. The van der Waals surface area contributed by atoms with Crippen molar-refractivity contribution in [1.29, 1.82) is 0 Å². The fourth-order valence-electron chi connectivity index (χ4n) is 1.17. The van der Waals surface area contributed by atoms with E-state index in [0.29, 0.717) is 22.4 Å². The smallest absolute Gasteiger partial charge is 0.139 e. The van der Waals surface area contributed by atoms with Crippen molar-refractivity contribution in [3.05, 3.63) is 49.0 Å². The summed E-state index contributed by atoms with van der Waals surface area (Å²) in [5.74, 6) is 0.610. The molecule has 0 radical (unpaired) electrons. The Morgan fingerprint density at radius 1 is 1.25 bits per heavy atom. The zero-order chi connectivity index (χ0) is 11.5. The molecule has 84 valence electrons. The van der Waals surface area contributed by atoms with E-state index in [9.17, 15) is 0 Å². The van der Waals surface area contributed by atoms with E-state index in [1.54, 1.807) is 29.5 Å². The van der Waals surface area contributed by atoms with Crippen LogP contribution in [0.25, 0.3) is 0 Å². The van der Waals surface area contributed by atoms with Gasteiger partial charge in [-0.1, -0.05) is 23.2 Å². The summed E-state index contributed by atoms with van der Waals surface area (Å²) in [4.78, 5) is 1.13. The Kier molecular flexibility index (Phi) is 4.14. The van der Waals surface area contributed by atoms with Gasteiger partial charge in [0.15, 0.2) is 0 Å². The largest absolute Gasteiger partial charge is 0.486 e. The molecule has 0 saturated heterocycles. The van der Waals surface area contributed by atoms with Gasteiger partial charge in [-0.25, -0.2) is 0 Å². The van der Waals surface area contributed by atoms with Crippen LogP contribution in [0.3, 0.4) is 0 Å². The van der Waals surface area contributed by atoms with Crippen LogP contribution in [0.4, 0.5) is 0 Å². The molecule has 1 heterocycles. The predicted molar refractivity (Wildman–Crippen MR) is 72.8 cm³/mol. The van der Waals surface area contributed by atoms with E-state index >= 15 is 0 Å². The molecule has 0 aliphatic rings. The first kappa shape index (κ1) is 12.2. The molecule has 0 spiro atoms. The van der Waals surface area contributed by atoms with E-state index in [2.05, 4.69) is 15.9 Å². The molecule has 0 unspecified atom stereocenters. The first-order valence-electron chi connectivity index (χ1n) is 4.46. The quantitative estimate of drug-likeness (QED) is 0.728. The van der Waals surface area contributed by atoms with Crippen molar-refractivity contribution in [3.8, 4) is 5.75 Å². The lowest BCUT2D eigenvalue weighted by atomic mass is 10.3. The summed E-state index contributed by atoms with van der Waals surface area (Å²) >= 11 is 16.9. The first-order valence-corrected chi connectivity index (χ1v) is 6.89. The molecule has 1 aromatic heterocycles. The molecule has 0 bridgehead atoms. The molecule has 0 saturated carbocycles. The molecule has 1 aromatic carbocycles. The van der Waals surface area contributed by atoms with Crippen LogP contribution in [0.5, 0.6) is 5.75 Å². The van der Waals surface area contributed by atoms with Crippen LogP contribution >= 0.6 is 50.5 Å². The Labute approximate surface area is 116 Å². The molecule has 0 aliphatic heterocycles. The van der Waals surface area contributed by atoms with Gasteiger partial charge in [-0.05, 0) is 34.1 Å². The Balaban J connectivity index is 2.07. The topological polar surface area (TPSA) is 9.23 Å². The summed E-state index contributed by atoms with van der Waals surface area (Å²) in [5.41, 5.74) is 0. The number of benzene rings is 1. The maximum atomic E-state index is 5.98. The van der Waals surface area contributed by atoms with Gasteiger partial charge in [-0.2, -0.15) is 0 Å². The molecule has 0 amide bonds. The lowest BCUT2D eigenvalue weighted by Gasteiger charge is -2.06. The molecule has 2 rings (SSSR count). The predicted octanol–water partition coefficient (Wildman–Crippen LogP) is 5.40. The Morgan fingerprint density at radius 3 is 2.75 bits per heavy atom. The van der Waals surface area contributed by atoms with Crippen molar-refractivity contribution < 1.29 is 4.74 Å². The minimum atomic E-state index is 0.496. The Hall–Kier alpha value is -0.220. The average Bonchev–Trinajstić information content (AvgIpc) is 2.66. The number of ether oxygens (including phenoxy) is 1. The molecule has 0 atom stereocenters. The molecular weight excluding hydrogens is 331 g/mol. The number of rotatable bonds is 3. The molecule has 16 heavy (non-hydrogen) atoms. The van der Waals surface area contributed by atoms with Gasteiger partial charge in [-0.15, -0.1) is 11.3 Å². The third-order valence-corrected chi connectivity index (χ3v) is 4.10. The molecule has 5 heteroatoms. The second-order valence-electron chi connectivity index (χ2n) is 3.09. The van der Waals surface area contributed by atoms with E-state index in [0.717, 1.165) is 9.35 Å². The highest BCUT2D eigenvalue weighted by atomic mass is 79.9. The summed E-state index contributed by atoms with van der Waals surface area (Å²) in [6.45, 7) is 0.496. The number of halogens is 3. The minimum absolute atomic E-state index is 0.496. The van der Waals surface area contributed by atoms with Gasteiger partial charge in [0, 0.05) is 25.8 Å². The SMILES string of the molecule is Clc1ccc(Cl)c(OCc2cc(Br)cs2)c1. The highest BCUT2D eigenvalue weighted by Gasteiger charge is 2.04. The minimum Gasteiger partial charge on any atom is -0.486 e. The van der Waals surface area contributed by atoms with Crippen molar-refractivity contribution in [1.82, 2.24) is 0 Å². The van der Waals surface area contributed by atoms with Gasteiger partial charge < -0.3 is 4.74 Å². The summed E-state index contributed by atoms with van der Waals surface area (Å²) in [5, 5.41) is 3.20. The zero-order valence-electron chi connectivity index (χ0n) is 8.04. The van der Waals surface area contributed by atoms with Gasteiger partial charge in [0.25, 0.3) is 0 Å². The van der Waals surface area contributed by atoms with Crippen molar-refractivity contribution in [2.75, 3.05) is 0 Å².